The van der Waals surface area contributed by atoms with Crippen LogP contribution in [0.1, 0.15) is 34.5 Å². The first kappa shape index (κ1) is 18.5. The van der Waals surface area contributed by atoms with E-state index < -0.39 is 12.0 Å². The van der Waals surface area contributed by atoms with Gasteiger partial charge in [-0.25, -0.2) is 4.79 Å². The lowest BCUT2D eigenvalue weighted by Crippen LogP contribution is -2.39. The average Bonchev–Trinajstić information content (AvgIpc) is 2.61. The fraction of sp³-hybridized carbons (Fsp3) is 0.263. The Labute approximate surface area is 147 Å². The smallest absolute Gasteiger partial charge is 0.407 e. The Morgan fingerprint density at radius 2 is 1.72 bits per heavy atom. The molecule has 132 valence electrons. The molecule has 0 saturated carbocycles. The molecule has 0 unspecified atom stereocenters. The van der Waals surface area contributed by atoms with Crippen LogP contribution in [0.4, 0.5) is 4.79 Å². The Kier molecular flexibility index (Phi) is 6.54. The molecule has 2 amide bonds. The summed E-state index contributed by atoms with van der Waals surface area (Å²) in [5, 5.41) is 2.67. The van der Waals surface area contributed by atoms with Crippen LogP contribution in [0.2, 0.25) is 0 Å². The number of nitrogens with two attached hydrogens (primary N) is 2. The third-order valence-electron chi connectivity index (χ3n) is 3.80. The summed E-state index contributed by atoms with van der Waals surface area (Å²) in [6.45, 7) is 2.10. The predicted octanol–water partition coefficient (Wildman–Crippen LogP) is 2.14. The van der Waals surface area contributed by atoms with Crippen LogP contribution >= 0.6 is 0 Å². The van der Waals surface area contributed by atoms with E-state index in [0.29, 0.717) is 12.0 Å². The van der Waals surface area contributed by atoms with E-state index in [4.69, 9.17) is 16.2 Å². The zero-order valence-electron chi connectivity index (χ0n) is 14.1. The lowest BCUT2D eigenvalue weighted by Gasteiger charge is -2.16. The van der Waals surface area contributed by atoms with Gasteiger partial charge in [0.05, 0.1) is 0 Å². The van der Waals surface area contributed by atoms with Crippen molar-refractivity contribution in [2.24, 2.45) is 11.5 Å². The summed E-state index contributed by atoms with van der Waals surface area (Å²) in [6, 6.07) is 16.2. The van der Waals surface area contributed by atoms with Crippen LogP contribution in [0.15, 0.2) is 54.6 Å². The largest absolute Gasteiger partial charge is 0.442 e. The second-order valence-corrected chi connectivity index (χ2v) is 5.86. The molecular formula is C19H23N3O3. The van der Waals surface area contributed by atoms with Gasteiger partial charge in [0.15, 0.2) is 0 Å². The molecule has 0 aliphatic heterocycles. The standard InChI is InChI=1S/C19H23N3O3/c1-13(15-5-3-2-4-6-15)25-19(24)22-12-17(20)11-14-7-9-16(10-8-14)18(21)23/h2-10,13,17H,11-12,20H2,1H3,(H2,21,23)(H,22,24)/t13-,17-/m0/s1. The van der Waals surface area contributed by atoms with Crippen LogP contribution in [-0.4, -0.2) is 24.6 Å². The third-order valence-corrected chi connectivity index (χ3v) is 3.80. The van der Waals surface area contributed by atoms with Crippen molar-refractivity contribution in [3.8, 4) is 0 Å². The zero-order chi connectivity index (χ0) is 18.2. The van der Waals surface area contributed by atoms with E-state index in [9.17, 15) is 9.59 Å². The normalized spacial score (nSPS) is 12.9. The summed E-state index contributed by atoms with van der Waals surface area (Å²) in [5.74, 6) is -0.465. The molecule has 0 spiro atoms. The van der Waals surface area contributed by atoms with Gasteiger partial charge in [0.2, 0.25) is 5.91 Å². The van der Waals surface area contributed by atoms with E-state index in [0.717, 1.165) is 11.1 Å². The summed E-state index contributed by atoms with van der Waals surface area (Å²) in [4.78, 5) is 22.9. The molecule has 2 atom stereocenters. The topological polar surface area (TPSA) is 107 Å². The van der Waals surface area contributed by atoms with Crippen LogP contribution in [0, 0.1) is 0 Å². The predicted molar refractivity (Wildman–Crippen MR) is 96.0 cm³/mol. The van der Waals surface area contributed by atoms with Gasteiger partial charge in [0.1, 0.15) is 6.10 Å². The van der Waals surface area contributed by atoms with Crippen molar-refractivity contribution in [3.63, 3.8) is 0 Å². The molecule has 0 bridgehead atoms. The van der Waals surface area contributed by atoms with Gasteiger partial charge in [0, 0.05) is 18.2 Å². The number of hydrogen-bond acceptors (Lipinski definition) is 4. The van der Waals surface area contributed by atoms with E-state index >= 15 is 0 Å². The Balaban J connectivity index is 1.76. The summed E-state index contributed by atoms with van der Waals surface area (Å²) in [7, 11) is 0. The molecule has 2 aromatic rings. The quantitative estimate of drug-likeness (QED) is 0.717. The van der Waals surface area contributed by atoms with Crippen LogP contribution in [0.25, 0.3) is 0 Å². The van der Waals surface area contributed by atoms with Crippen LogP contribution in [0.5, 0.6) is 0 Å². The highest BCUT2D eigenvalue weighted by Gasteiger charge is 2.12. The fourth-order valence-electron chi connectivity index (χ4n) is 2.39. The number of primary amides is 1. The molecule has 0 fully saturated rings. The summed E-state index contributed by atoms with van der Waals surface area (Å²) in [5.41, 5.74) is 13.6. The fourth-order valence-corrected chi connectivity index (χ4v) is 2.39. The minimum Gasteiger partial charge on any atom is -0.442 e. The van der Waals surface area contributed by atoms with Crippen molar-refractivity contribution in [2.45, 2.75) is 25.5 Å². The van der Waals surface area contributed by atoms with Crippen LogP contribution in [0.3, 0.4) is 0 Å². The first-order valence-corrected chi connectivity index (χ1v) is 8.09. The highest BCUT2D eigenvalue weighted by molar-refractivity contribution is 5.92. The maximum atomic E-state index is 11.9. The molecule has 0 saturated heterocycles. The number of alkyl carbamates (subject to hydrolysis) is 1. The summed E-state index contributed by atoms with van der Waals surface area (Å²) in [6.07, 6.45) is -0.275. The van der Waals surface area contributed by atoms with Crippen molar-refractivity contribution < 1.29 is 14.3 Å². The van der Waals surface area contributed by atoms with Gasteiger partial charge >= 0.3 is 6.09 Å². The Morgan fingerprint density at radius 3 is 2.32 bits per heavy atom. The number of benzene rings is 2. The van der Waals surface area contributed by atoms with E-state index in [-0.39, 0.29) is 18.7 Å². The van der Waals surface area contributed by atoms with Gasteiger partial charge in [-0.15, -0.1) is 0 Å². The average molecular weight is 341 g/mol. The Morgan fingerprint density at radius 1 is 1.08 bits per heavy atom. The molecule has 2 rings (SSSR count). The second-order valence-electron chi connectivity index (χ2n) is 5.86. The molecule has 0 aliphatic carbocycles. The number of ether oxygens (including phenoxy) is 1. The number of carbonyl (C=O) groups is 2. The summed E-state index contributed by atoms with van der Waals surface area (Å²) >= 11 is 0. The van der Waals surface area contributed by atoms with E-state index in [2.05, 4.69) is 5.32 Å². The number of amides is 2. The maximum Gasteiger partial charge on any atom is 0.407 e. The van der Waals surface area contributed by atoms with E-state index in [1.54, 1.807) is 24.3 Å². The molecule has 5 N–H and O–H groups in total. The molecule has 0 aliphatic rings. The molecule has 0 radical (unpaired) electrons. The lowest BCUT2D eigenvalue weighted by molar-refractivity contribution is 0.0999. The number of hydrogen-bond donors (Lipinski definition) is 3. The van der Waals surface area contributed by atoms with E-state index in [1.807, 2.05) is 37.3 Å². The Hall–Kier alpha value is -2.86. The van der Waals surface area contributed by atoms with Crippen molar-refractivity contribution in [1.82, 2.24) is 5.32 Å². The number of rotatable bonds is 7. The molecular weight excluding hydrogens is 318 g/mol. The minimum absolute atomic E-state index is 0.265. The van der Waals surface area contributed by atoms with Crippen LogP contribution in [-0.2, 0) is 11.2 Å². The zero-order valence-corrected chi connectivity index (χ0v) is 14.1. The summed E-state index contributed by atoms with van der Waals surface area (Å²) < 4.78 is 5.32. The van der Waals surface area contributed by atoms with Crippen molar-refractivity contribution in [3.05, 3.63) is 71.3 Å². The number of carbonyl (C=O) groups excluding carboxylic acids is 2. The first-order valence-electron chi connectivity index (χ1n) is 8.09. The third kappa shape index (κ3) is 5.93. The second kappa shape index (κ2) is 8.84. The van der Waals surface area contributed by atoms with Crippen molar-refractivity contribution in [2.75, 3.05) is 6.54 Å². The van der Waals surface area contributed by atoms with Gasteiger partial charge in [-0.1, -0.05) is 42.5 Å². The maximum absolute atomic E-state index is 11.9. The first-order chi connectivity index (χ1) is 12.0. The Bertz CT molecular complexity index is 702. The molecule has 0 aromatic heterocycles. The number of nitrogens with one attached hydrogen (secondary N) is 1. The van der Waals surface area contributed by atoms with Gasteiger partial charge in [0.25, 0.3) is 0 Å². The van der Waals surface area contributed by atoms with Gasteiger partial charge in [-0.05, 0) is 36.6 Å². The van der Waals surface area contributed by atoms with E-state index in [1.165, 1.54) is 0 Å². The lowest BCUT2D eigenvalue weighted by atomic mass is 10.0. The van der Waals surface area contributed by atoms with Gasteiger partial charge < -0.3 is 21.5 Å². The van der Waals surface area contributed by atoms with Gasteiger partial charge in [-0.2, -0.15) is 0 Å². The van der Waals surface area contributed by atoms with Crippen molar-refractivity contribution in [1.29, 1.82) is 0 Å². The highest BCUT2D eigenvalue weighted by atomic mass is 16.6. The van der Waals surface area contributed by atoms with Crippen LogP contribution < -0.4 is 16.8 Å². The highest BCUT2D eigenvalue weighted by Crippen LogP contribution is 2.15. The molecule has 0 heterocycles. The molecule has 6 nitrogen and oxygen atoms in total. The molecule has 25 heavy (non-hydrogen) atoms. The monoisotopic (exact) mass is 341 g/mol. The minimum atomic E-state index is -0.504. The van der Waals surface area contributed by atoms with Crippen molar-refractivity contribution >= 4 is 12.0 Å². The SMILES string of the molecule is C[C@H](OC(=O)NC[C@@H](N)Cc1ccc(C(N)=O)cc1)c1ccccc1. The van der Waals surface area contributed by atoms with Gasteiger partial charge in [-0.3, -0.25) is 4.79 Å². The molecule has 6 heteroatoms. The molecule has 2 aromatic carbocycles.